The van der Waals surface area contributed by atoms with Gasteiger partial charge in [0.05, 0.1) is 11.2 Å². The number of benzene rings is 2. The molecule has 1 N–H and O–H groups in total. The van der Waals surface area contributed by atoms with E-state index in [4.69, 9.17) is 0 Å². The average Bonchev–Trinajstić information content (AvgIpc) is 3.15. The molecule has 2 heterocycles. The first-order chi connectivity index (χ1) is 12.1. The summed E-state index contributed by atoms with van der Waals surface area (Å²) in [5.74, 6) is -0.441. The molecule has 0 unspecified atom stereocenters. The van der Waals surface area contributed by atoms with Gasteiger partial charge in [-0.05, 0) is 48.4 Å². The molecule has 4 aromatic rings. The van der Waals surface area contributed by atoms with Crippen molar-refractivity contribution in [3.8, 4) is 5.69 Å². The predicted molar refractivity (Wildman–Crippen MR) is 94.5 cm³/mol. The van der Waals surface area contributed by atoms with E-state index >= 15 is 0 Å². The molecular weight excluding hydrogens is 317 g/mol. The van der Waals surface area contributed by atoms with Gasteiger partial charge in [-0.1, -0.05) is 18.2 Å². The van der Waals surface area contributed by atoms with Crippen LogP contribution in [0.4, 0.5) is 4.39 Å². The van der Waals surface area contributed by atoms with Gasteiger partial charge in [0.25, 0.3) is 5.56 Å². The molecule has 0 atom stereocenters. The van der Waals surface area contributed by atoms with Gasteiger partial charge < -0.3 is 4.98 Å². The zero-order valence-corrected chi connectivity index (χ0v) is 13.6. The summed E-state index contributed by atoms with van der Waals surface area (Å²) in [5, 5.41) is 4.81. The van der Waals surface area contributed by atoms with Crippen LogP contribution in [0.15, 0.2) is 59.7 Å². The van der Waals surface area contributed by atoms with Crippen molar-refractivity contribution in [2.24, 2.45) is 0 Å². The van der Waals surface area contributed by atoms with Gasteiger partial charge in [0.1, 0.15) is 5.82 Å². The third kappa shape index (κ3) is 2.74. The van der Waals surface area contributed by atoms with E-state index in [2.05, 4.69) is 16.1 Å². The summed E-state index contributed by atoms with van der Waals surface area (Å²) in [5.41, 5.74) is 3.28. The van der Waals surface area contributed by atoms with Gasteiger partial charge in [0, 0.05) is 29.8 Å². The standard InChI is InChI=1S/C20H15FN3O/c1-13-16-4-2-5-18(21)19(16)23-20(25)17(13)12-14-6-8-15(9-7-14)24-11-3-10-22-24/h2-3,5-11H,12H2,1H3,(H,23,25). The molecule has 1 radical (unpaired) electrons. The van der Waals surface area contributed by atoms with Gasteiger partial charge in [0.2, 0.25) is 0 Å². The molecule has 4 nitrogen and oxygen atoms in total. The number of hydrogen-bond donors (Lipinski definition) is 1. The lowest BCUT2D eigenvalue weighted by molar-refractivity contribution is 0.636. The monoisotopic (exact) mass is 332 g/mol. The molecule has 0 spiro atoms. The number of aromatic nitrogens is 3. The third-order valence-corrected chi connectivity index (χ3v) is 4.37. The van der Waals surface area contributed by atoms with Crippen molar-refractivity contribution >= 4 is 10.9 Å². The number of nitrogens with zero attached hydrogens (tertiary/aromatic N) is 2. The zero-order chi connectivity index (χ0) is 17.4. The van der Waals surface area contributed by atoms with Crippen molar-refractivity contribution in [3.63, 3.8) is 0 Å². The number of hydrogen-bond acceptors (Lipinski definition) is 2. The molecular formula is C20H15FN3O. The Balaban J connectivity index is 1.72. The molecule has 0 amide bonds. The Morgan fingerprint density at radius 2 is 2.04 bits per heavy atom. The molecule has 0 bridgehead atoms. The minimum atomic E-state index is -0.441. The van der Waals surface area contributed by atoms with Gasteiger partial charge in [0.15, 0.2) is 0 Å². The van der Waals surface area contributed by atoms with Crippen molar-refractivity contribution < 1.29 is 4.39 Å². The molecule has 5 heteroatoms. The van der Waals surface area contributed by atoms with Crippen LogP contribution in [0.1, 0.15) is 16.7 Å². The topological polar surface area (TPSA) is 50.7 Å². The van der Waals surface area contributed by atoms with Crippen LogP contribution in [0.3, 0.4) is 0 Å². The van der Waals surface area contributed by atoms with E-state index in [0.717, 1.165) is 16.8 Å². The van der Waals surface area contributed by atoms with E-state index in [1.165, 1.54) is 12.1 Å². The van der Waals surface area contributed by atoms with Crippen LogP contribution in [0.5, 0.6) is 0 Å². The Kier molecular flexibility index (Phi) is 3.69. The summed E-state index contributed by atoms with van der Waals surface area (Å²) in [4.78, 5) is 15.1. The second kappa shape index (κ2) is 6.02. The minimum Gasteiger partial charge on any atom is -0.319 e. The van der Waals surface area contributed by atoms with E-state index in [9.17, 15) is 9.18 Å². The van der Waals surface area contributed by atoms with Gasteiger partial charge in [-0.15, -0.1) is 0 Å². The number of rotatable bonds is 3. The highest BCUT2D eigenvalue weighted by molar-refractivity contribution is 5.82. The third-order valence-electron chi connectivity index (χ3n) is 4.37. The van der Waals surface area contributed by atoms with Crippen molar-refractivity contribution in [2.75, 3.05) is 0 Å². The maximum atomic E-state index is 13.9. The highest BCUT2D eigenvalue weighted by Crippen LogP contribution is 2.21. The summed E-state index contributed by atoms with van der Waals surface area (Å²) < 4.78 is 15.7. The van der Waals surface area contributed by atoms with E-state index in [0.29, 0.717) is 17.4 Å². The lowest BCUT2D eigenvalue weighted by Crippen LogP contribution is -2.16. The smallest absolute Gasteiger partial charge is 0.252 e. The molecule has 0 aliphatic rings. The quantitative estimate of drug-likeness (QED) is 0.624. The Labute approximate surface area is 143 Å². The van der Waals surface area contributed by atoms with Crippen LogP contribution < -0.4 is 5.56 Å². The van der Waals surface area contributed by atoms with Gasteiger partial charge in [-0.25, -0.2) is 9.07 Å². The lowest BCUT2D eigenvalue weighted by atomic mass is 9.98. The Morgan fingerprint density at radius 3 is 2.76 bits per heavy atom. The van der Waals surface area contributed by atoms with Crippen molar-refractivity contribution in [1.29, 1.82) is 0 Å². The summed E-state index contributed by atoms with van der Waals surface area (Å²) in [6.45, 7) is 1.83. The number of aromatic amines is 1. The molecule has 2 aromatic carbocycles. The number of fused-ring (bicyclic) bond motifs is 1. The van der Waals surface area contributed by atoms with Crippen LogP contribution >= 0.6 is 0 Å². The number of halogens is 1. The number of aryl methyl sites for hydroxylation is 1. The summed E-state index contributed by atoms with van der Waals surface area (Å²) in [7, 11) is 0. The molecule has 123 valence electrons. The normalized spacial score (nSPS) is 11.1. The largest absolute Gasteiger partial charge is 0.319 e. The van der Waals surface area contributed by atoms with Crippen molar-refractivity contribution in [2.45, 2.75) is 13.3 Å². The second-order valence-electron chi connectivity index (χ2n) is 5.93. The molecule has 4 rings (SSSR count). The Morgan fingerprint density at radius 1 is 1.24 bits per heavy atom. The van der Waals surface area contributed by atoms with Gasteiger partial charge >= 0.3 is 0 Å². The summed E-state index contributed by atoms with van der Waals surface area (Å²) >= 11 is 0. The molecule has 0 saturated carbocycles. The number of H-pyrrole nitrogens is 1. The molecule has 0 aliphatic carbocycles. The van der Waals surface area contributed by atoms with Crippen LogP contribution in [0.25, 0.3) is 16.6 Å². The van der Waals surface area contributed by atoms with Crippen LogP contribution in [0.2, 0.25) is 0 Å². The molecule has 0 fully saturated rings. The molecule has 0 aliphatic heterocycles. The second-order valence-corrected chi connectivity index (χ2v) is 5.93. The Hall–Kier alpha value is -3.21. The number of pyridine rings is 1. The fraction of sp³-hybridized carbons (Fsp3) is 0.100. The van der Waals surface area contributed by atoms with Crippen molar-refractivity contribution in [3.05, 3.63) is 93.8 Å². The SMILES string of the molecule is Cc1c(Cc2ccc(-n3cccn3)cc2)c(=O)[nH]c2c(F)cc[c]c12. The van der Waals surface area contributed by atoms with E-state index in [1.54, 1.807) is 10.9 Å². The Bertz CT molecular complexity index is 1100. The lowest BCUT2D eigenvalue weighted by Gasteiger charge is -2.10. The molecule has 2 aromatic heterocycles. The maximum Gasteiger partial charge on any atom is 0.252 e. The molecule has 25 heavy (non-hydrogen) atoms. The highest BCUT2D eigenvalue weighted by atomic mass is 19.1. The predicted octanol–water partition coefficient (Wildman–Crippen LogP) is 3.55. The van der Waals surface area contributed by atoms with Crippen LogP contribution in [-0.2, 0) is 6.42 Å². The fourth-order valence-electron chi connectivity index (χ4n) is 3.01. The minimum absolute atomic E-state index is 0.211. The van der Waals surface area contributed by atoms with Gasteiger partial charge in [-0.2, -0.15) is 5.10 Å². The fourth-order valence-corrected chi connectivity index (χ4v) is 3.01. The summed E-state index contributed by atoms with van der Waals surface area (Å²) in [6.07, 6.45) is 4.07. The summed E-state index contributed by atoms with van der Waals surface area (Å²) in [6, 6.07) is 15.6. The first-order valence-corrected chi connectivity index (χ1v) is 7.94. The van der Waals surface area contributed by atoms with Gasteiger partial charge in [-0.3, -0.25) is 4.79 Å². The first kappa shape index (κ1) is 15.3. The van der Waals surface area contributed by atoms with Crippen LogP contribution in [-0.4, -0.2) is 14.8 Å². The first-order valence-electron chi connectivity index (χ1n) is 7.94. The maximum absolute atomic E-state index is 13.9. The highest BCUT2D eigenvalue weighted by Gasteiger charge is 2.12. The van der Waals surface area contributed by atoms with Crippen LogP contribution in [0, 0.1) is 18.8 Å². The van der Waals surface area contributed by atoms with E-state index < -0.39 is 5.82 Å². The molecule has 0 saturated heterocycles. The van der Waals surface area contributed by atoms with E-state index in [-0.39, 0.29) is 11.1 Å². The average molecular weight is 332 g/mol. The van der Waals surface area contributed by atoms with E-state index in [1.807, 2.05) is 43.5 Å². The van der Waals surface area contributed by atoms with Crippen molar-refractivity contribution in [1.82, 2.24) is 14.8 Å². The zero-order valence-electron chi connectivity index (χ0n) is 13.6. The number of nitrogens with one attached hydrogen (secondary N) is 1.